The maximum absolute atomic E-state index is 12.0. The molecule has 7 nitrogen and oxygen atoms in total. The second kappa shape index (κ2) is 7.73. The average molecular weight is 315 g/mol. The summed E-state index contributed by atoms with van der Waals surface area (Å²) in [5.41, 5.74) is 0.756. The number of nitrogens with one attached hydrogen (secondary N) is 2. The summed E-state index contributed by atoms with van der Waals surface area (Å²) < 4.78 is 7.39. The zero-order valence-corrected chi connectivity index (χ0v) is 12.9. The van der Waals surface area contributed by atoms with Crippen LogP contribution in [0.5, 0.6) is 5.75 Å². The lowest BCUT2D eigenvalue weighted by molar-refractivity contribution is -0.116. The van der Waals surface area contributed by atoms with Gasteiger partial charge in [-0.3, -0.25) is 4.79 Å². The standard InChI is InChI=1S/C16H21N5O2/c22-16(10-13-4-2-6-18-13)20-14-3-1-5-15(9-14)23-8-7-21-12-17-11-19-21/h1,3,5,9,11-13,18H,2,4,6-8,10H2,(H,20,22). The smallest absolute Gasteiger partial charge is 0.225 e. The Hall–Kier alpha value is -2.41. The van der Waals surface area contributed by atoms with Crippen molar-refractivity contribution < 1.29 is 9.53 Å². The zero-order chi connectivity index (χ0) is 15.9. The molecule has 1 saturated heterocycles. The summed E-state index contributed by atoms with van der Waals surface area (Å²) >= 11 is 0. The van der Waals surface area contributed by atoms with Crippen LogP contribution in [0.4, 0.5) is 5.69 Å². The van der Waals surface area contributed by atoms with Crippen LogP contribution in [0.2, 0.25) is 0 Å². The molecule has 7 heteroatoms. The molecule has 2 aromatic rings. The Morgan fingerprint density at radius 3 is 3.22 bits per heavy atom. The molecule has 1 aromatic carbocycles. The molecule has 1 aliphatic rings. The van der Waals surface area contributed by atoms with Crippen LogP contribution in [0.1, 0.15) is 19.3 Å². The molecule has 1 amide bonds. The first-order chi connectivity index (χ1) is 11.3. The number of carbonyl (C=O) groups excluding carboxylic acids is 1. The predicted octanol–water partition coefficient (Wildman–Crippen LogP) is 1.44. The van der Waals surface area contributed by atoms with Crippen LogP contribution in [0.3, 0.4) is 0 Å². The SMILES string of the molecule is O=C(CC1CCCN1)Nc1cccc(OCCn2cncn2)c1. The molecule has 2 heterocycles. The minimum atomic E-state index is 0.0316. The monoisotopic (exact) mass is 315 g/mol. The zero-order valence-electron chi connectivity index (χ0n) is 12.9. The van der Waals surface area contributed by atoms with E-state index in [9.17, 15) is 4.79 Å². The maximum atomic E-state index is 12.0. The summed E-state index contributed by atoms with van der Waals surface area (Å²) in [7, 11) is 0. The molecular formula is C16H21N5O2. The van der Waals surface area contributed by atoms with E-state index < -0.39 is 0 Å². The molecular weight excluding hydrogens is 294 g/mol. The van der Waals surface area contributed by atoms with Gasteiger partial charge in [0, 0.05) is 24.2 Å². The number of amides is 1. The van der Waals surface area contributed by atoms with Crippen LogP contribution in [0, 0.1) is 0 Å². The van der Waals surface area contributed by atoms with Gasteiger partial charge in [0.25, 0.3) is 0 Å². The summed E-state index contributed by atoms with van der Waals surface area (Å²) in [5, 5.41) is 10.3. The Morgan fingerprint density at radius 2 is 2.43 bits per heavy atom. The molecule has 0 saturated carbocycles. The third kappa shape index (κ3) is 4.79. The highest BCUT2D eigenvalue weighted by Crippen LogP contribution is 2.18. The summed E-state index contributed by atoms with van der Waals surface area (Å²) in [4.78, 5) is 15.9. The van der Waals surface area contributed by atoms with E-state index in [2.05, 4.69) is 20.7 Å². The van der Waals surface area contributed by atoms with Gasteiger partial charge in [0.05, 0.1) is 6.54 Å². The molecule has 2 N–H and O–H groups in total. The van der Waals surface area contributed by atoms with E-state index in [4.69, 9.17) is 4.74 Å². The van der Waals surface area contributed by atoms with Gasteiger partial charge in [-0.05, 0) is 31.5 Å². The number of nitrogens with zero attached hydrogens (tertiary/aromatic N) is 3. The van der Waals surface area contributed by atoms with Crippen molar-refractivity contribution in [2.75, 3.05) is 18.5 Å². The van der Waals surface area contributed by atoms with Crippen molar-refractivity contribution in [3.8, 4) is 5.75 Å². The van der Waals surface area contributed by atoms with Crippen LogP contribution in [-0.2, 0) is 11.3 Å². The second-order valence-electron chi connectivity index (χ2n) is 5.58. The molecule has 23 heavy (non-hydrogen) atoms. The van der Waals surface area contributed by atoms with Crippen LogP contribution in [0.25, 0.3) is 0 Å². The summed E-state index contributed by atoms with van der Waals surface area (Å²) in [6.07, 6.45) is 5.87. The van der Waals surface area contributed by atoms with Gasteiger partial charge in [0.15, 0.2) is 0 Å². The van der Waals surface area contributed by atoms with Gasteiger partial charge < -0.3 is 15.4 Å². The highest BCUT2D eigenvalue weighted by molar-refractivity contribution is 5.91. The van der Waals surface area contributed by atoms with E-state index in [0.717, 1.165) is 30.8 Å². The first kappa shape index (κ1) is 15.5. The Kier molecular flexibility index (Phi) is 5.21. The molecule has 0 spiro atoms. The normalized spacial score (nSPS) is 17.1. The van der Waals surface area contributed by atoms with Crippen LogP contribution in [0.15, 0.2) is 36.9 Å². The third-order valence-electron chi connectivity index (χ3n) is 3.77. The Labute approximate surface area is 135 Å². The van der Waals surface area contributed by atoms with Gasteiger partial charge in [-0.1, -0.05) is 6.07 Å². The van der Waals surface area contributed by atoms with Crippen molar-refractivity contribution in [3.05, 3.63) is 36.9 Å². The van der Waals surface area contributed by atoms with E-state index in [1.165, 1.54) is 6.33 Å². The first-order valence-electron chi connectivity index (χ1n) is 7.88. The first-order valence-corrected chi connectivity index (χ1v) is 7.88. The summed E-state index contributed by atoms with van der Waals surface area (Å²) in [6, 6.07) is 7.74. The number of aromatic nitrogens is 3. The largest absolute Gasteiger partial charge is 0.492 e. The molecule has 1 aliphatic heterocycles. The van der Waals surface area contributed by atoms with Crippen molar-refractivity contribution in [2.45, 2.75) is 31.8 Å². The number of hydrogen-bond acceptors (Lipinski definition) is 5. The van der Waals surface area contributed by atoms with Crippen LogP contribution >= 0.6 is 0 Å². The van der Waals surface area contributed by atoms with E-state index in [1.54, 1.807) is 11.0 Å². The number of anilines is 1. The number of benzene rings is 1. The minimum Gasteiger partial charge on any atom is -0.492 e. The van der Waals surface area contributed by atoms with Gasteiger partial charge in [-0.25, -0.2) is 9.67 Å². The lowest BCUT2D eigenvalue weighted by atomic mass is 10.1. The van der Waals surface area contributed by atoms with Crippen molar-refractivity contribution in [2.24, 2.45) is 0 Å². The molecule has 1 fully saturated rings. The van der Waals surface area contributed by atoms with E-state index in [1.807, 2.05) is 24.3 Å². The molecule has 0 radical (unpaired) electrons. The topological polar surface area (TPSA) is 81.1 Å². The molecule has 0 bridgehead atoms. The van der Waals surface area contributed by atoms with Gasteiger partial charge in [-0.15, -0.1) is 0 Å². The number of carbonyl (C=O) groups is 1. The highest BCUT2D eigenvalue weighted by Gasteiger charge is 2.17. The Bertz CT molecular complexity index is 623. The second-order valence-corrected chi connectivity index (χ2v) is 5.58. The highest BCUT2D eigenvalue weighted by atomic mass is 16.5. The van der Waals surface area contributed by atoms with E-state index in [0.29, 0.717) is 25.6 Å². The van der Waals surface area contributed by atoms with Gasteiger partial charge in [-0.2, -0.15) is 5.10 Å². The Morgan fingerprint density at radius 1 is 1.48 bits per heavy atom. The predicted molar refractivity (Wildman–Crippen MR) is 86.2 cm³/mol. The molecule has 3 rings (SSSR count). The van der Waals surface area contributed by atoms with Crippen LogP contribution < -0.4 is 15.4 Å². The molecule has 122 valence electrons. The fraction of sp³-hybridized carbons (Fsp3) is 0.438. The van der Waals surface area contributed by atoms with E-state index in [-0.39, 0.29) is 5.91 Å². The summed E-state index contributed by atoms with van der Waals surface area (Å²) in [6.45, 7) is 2.13. The quantitative estimate of drug-likeness (QED) is 0.808. The van der Waals surface area contributed by atoms with E-state index >= 15 is 0 Å². The van der Waals surface area contributed by atoms with Crippen LogP contribution in [-0.4, -0.2) is 39.9 Å². The third-order valence-corrected chi connectivity index (χ3v) is 3.77. The van der Waals surface area contributed by atoms with Gasteiger partial charge in [0.2, 0.25) is 5.91 Å². The molecule has 0 aliphatic carbocycles. The minimum absolute atomic E-state index is 0.0316. The number of rotatable bonds is 7. The number of ether oxygens (including phenoxy) is 1. The summed E-state index contributed by atoms with van der Waals surface area (Å²) in [5.74, 6) is 0.756. The molecule has 1 atom stereocenters. The molecule has 1 aromatic heterocycles. The number of hydrogen-bond donors (Lipinski definition) is 2. The Balaban J connectivity index is 1.47. The lowest BCUT2D eigenvalue weighted by Crippen LogP contribution is -2.27. The lowest BCUT2D eigenvalue weighted by Gasteiger charge is -2.12. The average Bonchev–Trinajstić information content (AvgIpc) is 3.21. The van der Waals surface area contributed by atoms with Gasteiger partial charge >= 0.3 is 0 Å². The molecule has 1 unspecified atom stereocenters. The fourth-order valence-corrected chi connectivity index (χ4v) is 2.64. The van der Waals surface area contributed by atoms with Crippen molar-refractivity contribution in [1.82, 2.24) is 20.1 Å². The van der Waals surface area contributed by atoms with Gasteiger partial charge in [0.1, 0.15) is 25.0 Å². The maximum Gasteiger partial charge on any atom is 0.225 e. The van der Waals surface area contributed by atoms with Crippen molar-refractivity contribution in [3.63, 3.8) is 0 Å². The fourth-order valence-electron chi connectivity index (χ4n) is 2.64. The van der Waals surface area contributed by atoms with Crippen molar-refractivity contribution >= 4 is 11.6 Å². The van der Waals surface area contributed by atoms with Crippen molar-refractivity contribution in [1.29, 1.82) is 0 Å².